The van der Waals surface area contributed by atoms with Gasteiger partial charge in [-0.25, -0.2) is 0 Å². The minimum Gasteiger partial charge on any atom is -0.387 e. The number of hydrogen-bond donors (Lipinski definition) is 2. The highest BCUT2D eigenvalue weighted by Crippen LogP contribution is 2.02. The SMILES string of the molecule is CCCCCN(CC(=N)N)C(C)C. The lowest BCUT2D eigenvalue weighted by Gasteiger charge is -2.25. The maximum Gasteiger partial charge on any atom is 0.105 e. The second-order valence-electron chi connectivity index (χ2n) is 3.80. The first-order valence-electron chi connectivity index (χ1n) is 5.14. The second-order valence-corrected chi connectivity index (χ2v) is 3.80. The van der Waals surface area contributed by atoms with Crippen LogP contribution in [-0.2, 0) is 0 Å². The Balaban J connectivity index is 3.74. The molecule has 3 nitrogen and oxygen atoms in total. The van der Waals surface area contributed by atoms with E-state index in [1.165, 1.54) is 19.3 Å². The largest absolute Gasteiger partial charge is 0.387 e. The van der Waals surface area contributed by atoms with Gasteiger partial charge in [-0.2, -0.15) is 0 Å². The summed E-state index contributed by atoms with van der Waals surface area (Å²) in [6, 6.07) is 0.487. The number of hydrogen-bond acceptors (Lipinski definition) is 2. The molecule has 0 aliphatic rings. The summed E-state index contributed by atoms with van der Waals surface area (Å²) in [5.74, 6) is 0.269. The molecule has 0 aromatic carbocycles. The Hall–Kier alpha value is -0.570. The van der Waals surface area contributed by atoms with E-state index in [1.807, 2.05) is 0 Å². The van der Waals surface area contributed by atoms with Crippen molar-refractivity contribution in [1.29, 1.82) is 5.41 Å². The molecule has 3 N–H and O–H groups in total. The number of amidine groups is 1. The van der Waals surface area contributed by atoms with Crippen LogP contribution in [0.5, 0.6) is 0 Å². The van der Waals surface area contributed by atoms with Crippen molar-refractivity contribution in [2.24, 2.45) is 5.73 Å². The zero-order valence-electron chi connectivity index (χ0n) is 9.14. The van der Waals surface area contributed by atoms with E-state index in [2.05, 4.69) is 25.7 Å². The van der Waals surface area contributed by atoms with Crippen LogP contribution in [0.25, 0.3) is 0 Å². The quantitative estimate of drug-likeness (QED) is 0.361. The van der Waals surface area contributed by atoms with Crippen molar-refractivity contribution in [3.63, 3.8) is 0 Å². The van der Waals surface area contributed by atoms with Crippen molar-refractivity contribution in [1.82, 2.24) is 4.90 Å². The lowest BCUT2D eigenvalue weighted by Crippen LogP contribution is -2.38. The molecule has 0 aliphatic carbocycles. The molecule has 0 aliphatic heterocycles. The standard InChI is InChI=1S/C10H23N3/c1-4-5-6-7-13(9(2)3)8-10(11)12/h9H,4-8H2,1-3H3,(H3,11,12). The summed E-state index contributed by atoms with van der Waals surface area (Å²) in [7, 11) is 0. The van der Waals surface area contributed by atoms with Gasteiger partial charge in [-0.1, -0.05) is 19.8 Å². The van der Waals surface area contributed by atoms with Crippen LogP contribution < -0.4 is 5.73 Å². The summed E-state index contributed by atoms with van der Waals surface area (Å²) in [4.78, 5) is 2.25. The number of rotatable bonds is 7. The number of nitrogens with zero attached hydrogens (tertiary/aromatic N) is 1. The molecule has 0 atom stereocenters. The van der Waals surface area contributed by atoms with Gasteiger partial charge in [0.05, 0.1) is 6.54 Å². The van der Waals surface area contributed by atoms with Crippen LogP contribution >= 0.6 is 0 Å². The molecular weight excluding hydrogens is 162 g/mol. The zero-order chi connectivity index (χ0) is 10.3. The molecule has 0 saturated heterocycles. The minimum absolute atomic E-state index is 0.269. The van der Waals surface area contributed by atoms with Crippen LogP contribution in [0.1, 0.15) is 40.0 Å². The van der Waals surface area contributed by atoms with Crippen LogP contribution in [-0.4, -0.2) is 29.9 Å². The lowest BCUT2D eigenvalue weighted by molar-refractivity contribution is 0.247. The maximum absolute atomic E-state index is 7.23. The van der Waals surface area contributed by atoms with Gasteiger partial charge in [0, 0.05) is 6.04 Å². The van der Waals surface area contributed by atoms with Gasteiger partial charge in [0.25, 0.3) is 0 Å². The first kappa shape index (κ1) is 12.4. The second kappa shape index (κ2) is 6.89. The molecule has 13 heavy (non-hydrogen) atoms. The van der Waals surface area contributed by atoms with Crippen molar-refractivity contribution in [2.45, 2.75) is 46.1 Å². The molecule has 0 rings (SSSR count). The van der Waals surface area contributed by atoms with E-state index in [0.29, 0.717) is 12.6 Å². The van der Waals surface area contributed by atoms with Crippen molar-refractivity contribution in [3.05, 3.63) is 0 Å². The molecule has 0 spiro atoms. The Labute approximate surface area is 81.8 Å². The topological polar surface area (TPSA) is 53.1 Å². The molecule has 0 unspecified atom stereocenters. The van der Waals surface area contributed by atoms with Crippen LogP contribution in [0.15, 0.2) is 0 Å². The van der Waals surface area contributed by atoms with E-state index in [1.54, 1.807) is 0 Å². The average Bonchev–Trinajstić information content (AvgIpc) is 2.02. The molecule has 0 aromatic rings. The van der Waals surface area contributed by atoms with Crippen LogP contribution in [0.2, 0.25) is 0 Å². The average molecular weight is 185 g/mol. The summed E-state index contributed by atoms with van der Waals surface area (Å²) in [6.45, 7) is 8.17. The smallest absolute Gasteiger partial charge is 0.105 e. The molecular formula is C10H23N3. The highest BCUT2D eigenvalue weighted by Gasteiger charge is 2.09. The van der Waals surface area contributed by atoms with E-state index in [4.69, 9.17) is 11.1 Å². The Morgan fingerprint density at radius 3 is 2.38 bits per heavy atom. The predicted molar refractivity (Wildman–Crippen MR) is 58.1 cm³/mol. The molecule has 0 bridgehead atoms. The van der Waals surface area contributed by atoms with E-state index in [9.17, 15) is 0 Å². The fraction of sp³-hybridized carbons (Fsp3) is 0.900. The fourth-order valence-electron chi connectivity index (χ4n) is 1.30. The monoisotopic (exact) mass is 185 g/mol. The molecule has 0 fully saturated rings. The first-order chi connectivity index (χ1) is 6.07. The molecule has 0 radical (unpaired) electrons. The molecule has 0 heterocycles. The number of nitrogens with two attached hydrogens (primary N) is 1. The predicted octanol–water partition coefficient (Wildman–Crippen LogP) is 1.82. The molecule has 0 saturated carbocycles. The Morgan fingerprint density at radius 2 is 2.00 bits per heavy atom. The first-order valence-corrected chi connectivity index (χ1v) is 5.14. The van der Waals surface area contributed by atoms with E-state index >= 15 is 0 Å². The normalized spacial score (nSPS) is 11.2. The third-order valence-electron chi connectivity index (χ3n) is 2.15. The van der Waals surface area contributed by atoms with Gasteiger partial charge in [-0.3, -0.25) is 10.3 Å². The summed E-state index contributed by atoms with van der Waals surface area (Å²) in [5.41, 5.74) is 5.38. The molecule has 3 heteroatoms. The van der Waals surface area contributed by atoms with Crippen LogP contribution in [0, 0.1) is 5.41 Å². The van der Waals surface area contributed by atoms with Gasteiger partial charge >= 0.3 is 0 Å². The minimum atomic E-state index is 0.269. The van der Waals surface area contributed by atoms with Crippen molar-refractivity contribution >= 4 is 5.84 Å². The van der Waals surface area contributed by atoms with Crippen LogP contribution in [0.3, 0.4) is 0 Å². The van der Waals surface area contributed by atoms with E-state index < -0.39 is 0 Å². The van der Waals surface area contributed by atoms with Gasteiger partial charge in [0.2, 0.25) is 0 Å². The molecule has 0 aromatic heterocycles. The van der Waals surface area contributed by atoms with Gasteiger partial charge in [0.15, 0.2) is 0 Å². The zero-order valence-corrected chi connectivity index (χ0v) is 9.14. The van der Waals surface area contributed by atoms with Crippen LogP contribution in [0.4, 0.5) is 0 Å². The third kappa shape index (κ3) is 6.58. The Kier molecular flexibility index (Phi) is 6.59. The van der Waals surface area contributed by atoms with Gasteiger partial charge in [-0.15, -0.1) is 0 Å². The van der Waals surface area contributed by atoms with Gasteiger partial charge in [-0.05, 0) is 26.8 Å². The van der Waals surface area contributed by atoms with Crippen molar-refractivity contribution in [2.75, 3.05) is 13.1 Å². The summed E-state index contributed by atoms with van der Waals surface area (Å²) >= 11 is 0. The Bertz CT molecular complexity index is 143. The van der Waals surface area contributed by atoms with E-state index in [0.717, 1.165) is 6.54 Å². The summed E-state index contributed by atoms with van der Waals surface area (Å²) in [6.07, 6.45) is 3.72. The summed E-state index contributed by atoms with van der Waals surface area (Å²) < 4.78 is 0. The fourth-order valence-corrected chi connectivity index (χ4v) is 1.30. The lowest BCUT2D eigenvalue weighted by atomic mass is 10.2. The van der Waals surface area contributed by atoms with Gasteiger partial charge in [0.1, 0.15) is 5.84 Å². The van der Waals surface area contributed by atoms with Gasteiger partial charge < -0.3 is 5.73 Å². The molecule has 78 valence electrons. The number of unbranched alkanes of at least 4 members (excludes halogenated alkanes) is 2. The summed E-state index contributed by atoms with van der Waals surface area (Å²) in [5, 5.41) is 7.23. The van der Waals surface area contributed by atoms with E-state index in [-0.39, 0.29) is 5.84 Å². The van der Waals surface area contributed by atoms with Crippen molar-refractivity contribution < 1.29 is 0 Å². The third-order valence-corrected chi connectivity index (χ3v) is 2.15. The van der Waals surface area contributed by atoms with Crippen molar-refractivity contribution in [3.8, 4) is 0 Å². The highest BCUT2D eigenvalue weighted by molar-refractivity contribution is 5.78. The maximum atomic E-state index is 7.23. The number of nitrogens with one attached hydrogen (secondary N) is 1. The molecule has 0 amide bonds. The highest BCUT2D eigenvalue weighted by atomic mass is 15.2. The Morgan fingerprint density at radius 1 is 1.38 bits per heavy atom.